The highest BCUT2D eigenvalue weighted by atomic mass is 16.5. The van der Waals surface area contributed by atoms with Crippen LogP contribution in [0.1, 0.15) is 43.3 Å². The van der Waals surface area contributed by atoms with Crippen LogP contribution in [0.2, 0.25) is 0 Å². The third kappa shape index (κ3) is 5.18. The van der Waals surface area contributed by atoms with E-state index in [2.05, 4.69) is 36.2 Å². The van der Waals surface area contributed by atoms with Crippen LogP contribution in [-0.4, -0.2) is 39.6 Å². The van der Waals surface area contributed by atoms with E-state index in [1.165, 1.54) is 16.6 Å². The van der Waals surface area contributed by atoms with E-state index in [0.717, 1.165) is 39.1 Å². The summed E-state index contributed by atoms with van der Waals surface area (Å²) in [6.45, 7) is 13.8. The standard InChI is InChI=1S/C13H17N3O.C11H14N2O.C2H6/c1-8-6-11-9(2)16(5)14-13(11)12(7-8)15(4)10(3)17;1-7-5-9-8(2)13(3)12-11(9)10(6-7)14-4;1-2/h6-7H,1-5H3;5-6H,1-4H3;1-2H3. The number of nitrogens with zero attached hydrogens (tertiary/aromatic N) is 5. The summed E-state index contributed by atoms with van der Waals surface area (Å²) in [5.74, 6) is 0.865. The largest absolute Gasteiger partial charge is 0.494 e. The van der Waals surface area contributed by atoms with E-state index >= 15 is 0 Å². The molecule has 0 aliphatic heterocycles. The van der Waals surface area contributed by atoms with Gasteiger partial charge in [-0.05, 0) is 63.1 Å². The lowest BCUT2D eigenvalue weighted by molar-refractivity contribution is -0.116. The van der Waals surface area contributed by atoms with Crippen molar-refractivity contribution in [1.29, 1.82) is 0 Å². The van der Waals surface area contributed by atoms with Crippen LogP contribution >= 0.6 is 0 Å². The molecule has 0 N–H and O–H groups in total. The second kappa shape index (κ2) is 10.5. The molecule has 7 heteroatoms. The zero-order chi connectivity index (χ0) is 25.0. The topological polar surface area (TPSA) is 65.2 Å². The van der Waals surface area contributed by atoms with Gasteiger partial charge in [-0.2, -0.15) is 10.2 Å². The molecule has 0 fully saturated rings. The van der Waals surface area contributed by atoms with E-state index in [0.29, 0.717) is 0 Å². The zero-order valence-corrected chi connectivity index (χ0v) is 21.9. The van der Waals surface area contributed by atoms with E-state index in [9.17, 15) is 4.79 Å². The molecule has 2 aromatic carbocycles. The molecule has 7 nitrogen and oxygen atoms in total. The van der Waals surface area contributed by atoms with Crippen molar-refractivity contribution in [3.8, 4) is 5.75 Å². The average Bonchev–Trinajstić information content (AvgIpc) is 3.24. The van der Waals surface area contributed by atoms with E-state index in [4.69, 9.17) is 4.74 Å². The second-order valence-corrected chi connectivity index (χ2v) is 8.04. The van der Waals surface area contributed by atoms with Crippen LogP contribution in [0, 0.1) is 27.7 Å². The van der Waals surface area contributed by atoms with E-state index < -0.39 is 0 Å². The second-order valence-electron chi connectivity index (χ2n) is 8.04. The summed E-state index contributed by atoms with van der Waals surface area (Å²) in [7, 11) is 7.32. The Morgan fingerprint density at radius 1 is 0.848 bits per heavy atom. The van der Waals surface area contributed by atoms with Crippen LogP contribution in [0.4, 0.5) is 5.69 Å². The van der Waals surface area contributed by atoms with Gasteiger partial charge < -0.3 is 9.64 Å². The molecule has 0 unspecified atom stereocenters. The summed E-state index contributed by atoms with van der Waals surface area (Å²) in [6.07, 6.45) is 0. The summed E-state index contributed by atoms with van der Waals surface area (Å²) < 4.78 is 9.03. The number of hydrogen-bond donors (Lipinski definition) is 0. The van der Waals surface area contributed by atoms with Gasteiger partial charge in [-0.3, -0.25) is 14.2 Å². The van der Waals surface area contributed by atoms with E-state index in [1.54, 1.807) is 26.0 Å². The highest BCUT2D eigenvalue weighted by molar-refractivity contribution is 6.02. The van der Waals surface area contributed by atoms with Gasteiger partial charge in [-0.25, -0.2) is 0 Å². The van der Waals surface area contributed by atoms with Gasteiger partial charge in [-0.1, -0.05) is 13.8 Å². The lowest BCUT2D eigenvalue weighted by atomic mass is 10.1. The molecule has 0 aliphatic rings. The van der Waals surface area contributed by atoms with Crippen LogP contribution in [0.15, 0.2) is 24.3 Å². The number of amides is 1. The Morgan fingerprint density at radius 2 is 1.30 bits per heavy atom. The highest BCUT2D eigenvalue weighted by Gasteiger charge is 2.15. The Balaban J connectivity index is 0.000000221. The fraction of sp³-hybridized carbons (Fsp3) is 0.423. The van der Waals surface area contributed by atoms with Crippen molar-refractivity contribution < 1.29 is 9.53 Å². The number of carbonyl (C=O) groups is 1. The molecule has 0 bridgehead atoms. The molecule has 0 spiro atoms. The maximum atomic E-state index is 11.5. The monoisotopic (exact) mass is 451 g/mol. The van der Waals surface area contributed by atoms with Crippen LogP contribution in [0.25, 0.3) is 21.8 Å². The lowest BCUT2D eigenvalue weighted by Crippen LogP contribution is -2.23. The van der Waals surface area contributed by atoms with Gasteiger partial charge in [0.25, 0.3) is 0 Å². The lowest BCUT2D eigenvalue weighted by Gasteiger charge is -2.16. The number of hydrogen-bond acceptors (Lipinski definition) is 4. The normalized spacial score (nSPS) is 10.4. The molecular formula is C26H37N5O2. The van der Waals surface area contributed by atoms with Crippen LogP contribution in [0.5, 0.6) is 5.75 Å². The van der Waals surface area contributed by atoms with Gasteiger partial charge in [0, 0.05) is 50.2 Å². The fourth-order valence-electron chi connectivity index (χ4n) is 3.64. The first-order valence-electron chi connectivity index (χ1n) is 11.2. The van der Waals surface area contributed by atoms with Crippen molar-refractivity contribution in [3.05, 3.63) is 46.8 Å². The van der Waals surface area contributed by atoms with Gasteiger partial charge in [0.1, 0.15) is 16.8 Å². The summed E-state index contributed by atoms with van der Waals surface area (Å²) in [5.41, 5.74) is 7.31. The van der Waals surface area contributed by atoms with Crippen LogP contribution < -0.4 is 9.64 Å². The molecular weight excluding hydrogens is 414 g/mol. The van der Waals surface area contributed by atoms with Gasteiger partial charge in [0.15, 0.2) is 0 Å². The van der Waals surface area contributed by atoms with E-state index in [1.807, 2.05) is 63.3 Å². The predicted molar refractivity (Wildman–Crippen MR) is 137 cm³/mol. The SMILES string of the molecule is CC.CC(=O)N(C)c1cc(C)cc2c(C)n(C)nc12.COc1cc(C)cc2c(C)n(C)nc12. The third-order valence-electron chi connectivity index (χ3n) is 5.76. The molecule has 0 saturated heterocycles. The van der Waals surface area contributed by atoms with Crippen molar-refractivity contribution >= 4 is 33.4 Å². The Bertz CT molecular complexity index is 1280. The van der Waals surface area contributed by atoms with Gasteiger partial charge in [-0.15, -0.1) is 0 Å². The predicted octanol–water partition coefficient (Wildman–Crippen LogP) is 5.40. The average molecular weight is 452 g/mol. The number of rotatable bonds is 2. The van der Waals surface area contributed by atoms with Crippen molar-refractivity contribution in [2.24, 2.45) is 14.1 Å². The number of benzene rings is 2. The van der Waals surface area contributed by atoms with Gasteiger partial charge in [0.2, 0.25) is 5.91 Å². The molecule has 1 amide bonds. The van der Waals surface area contributed by atoms with Crippen molar-refractivity contribution in [1.82, 2.24) is 19.6 Å². The summed E-state index contributed by atoms with van der Waals surface area (Å²) in [6, 6.07) is 8.25. The molecule has 4 rings (SSSR count). The van der Waals surface area contributed by atoms with E-state index in [-0.39, 0.29) is 5.91 Å². The minimum Gasteiger partial charge on any atom is -0.494 e. The van der Waals surface area contributed by atoms with Crippen molar-refractivity contribution in [2.45, 2.75) is 48.5 Å². The molecule has 0 aliphatic carbocycles. The summed E-state index contributed by atoms with van der Waals surface area (Å²) >= 11 is 0. The number of methoxy groups -OCH3 is 1. The first kappa shape index (κ1) is 25.9. The molecule has 0 saturated carbocycles. The Morgan fingerprint density at radius 3 is 1.79 bits per heavy atom. The maximum Gasteiger partial charge on any atom is 0.223 e. The molecule has 0 atom stereocenters. The number of anilines is 1. The number of ether oxygens (including phenoxy) is 1. The molecule has 33 heavy (non-hydrogen) atoms. The smallest absolute Gasteiger partial charge is 0.223 e. The minimum absolute atomic E-state index is 0.0141. The number of fused-ring (bicyclic) bond motifs is 2. The molecule has 2 heterocycles. The van der Waals surface area contributed by atoms with Crippen LogP contribution in [0.3, 0.4) is 0 Å². The first-order chi connectivity index (χ1) is 15.5. The molecule has 2 aromatic heterocycles. The van der Waals surface area contributed by atoms with Crippen LogP contribution in [-0.2, 0) is 18.9 Å². The number of aromatic nitrogens is 4. The zero-order valence-electron chi connectivity index (χ0n) is 21.9. The number of carbonyl (C=O) groups excluding carboxylic acids is 1. The molecule has 4 aromatic rings. The summed E-state index contributed by atoms with van der Waals surface area (Å²) in [4.78, 5) is 13.1. The highest BCUT2D eigenvalue weighted by Crippen LogP contribution is 2.29. The number of aryl methyl sites for hydroxylation is 6. The van der Waals surface area contributed by atoms with Gasteiger partial charge >= 0.3 is 0 Å². The van der Waals surface area contributed by atoms with Gasteiger partial charge in [0.05, 0.1) is 12.8 Å². The summed E-state index contributed by atoms with van der Waals surface area (Å²) in [5, 5.41) is 11.2. The quantitative estimate of drug-likeness (QED) is 0.409. The first-order valence-corrected chi connectivity index (χ1v) is 11.2. The maximum absolute atomic E-state index is 11.5. The Labute approximate surface area is 196 Å². The minimum atomic E-state index is 0.0141. The van der Waals surface area contributed by atoms with Crippen molar-refractivity contribution in [3.63, 3.8) is 0 Å². The fourth-order valence-corrected chi connectivity index (χ4v) is 3.64. The molecule has 0 radical (unpaired) electrons. The third-order valence-corrected chi connectivity index (χ3v) is 5.76. The van der Waals surface area contributed by atoms with Crippen molar-refractivity contribution in [2.75, 3.05) is 19.1 Å². The Hall–Kier alpha value is -3.35. The Kier molecular flexibility index (Phi) is 8.25. The molecule has 178 valence electrons.